The van der Waals surface area contributed by atoms with E-state index in [1.54, 1.807) is 0 Å². The number of hydrogen-bond acceptors (Lipinski definition) is 15. The molecule has 0 radical (unpaired) electrons. The summed E-state index contributed by atoms with van der Waals surface area (Å²) in [5.41, 5.74) is 0. The molecule has 19 heteroatoms. The normalized spacial score (nSPS) is 14.4. The van der Waals surface area contributed by atoms with Crippen LogP contribution in [0.4, 0.5) is 0 Å². The Labute approximate surface area is 607 Å². The minimum atomic E-state index is -4.98. The zero-order valence-electron chi connectivity index (χ0n) is 63.1. The number of unbranched alkanes of at least 4 members (excludes halogenated alkanes) is 32. The van der Waals surface area contributed by atoms with Crippen LogP contribution in [0.25, 0.3) is 0 Å². The maximum Gasteiger partial charge on any atom is 0.472 e. The highest BCUT2D eigenvalue weighted by atomic mass is 31.2. The highest BCUT2D eigenvalue weighted by Crippen LogP contribution is 2.45. The molecule has 5 unspecified atom stereocenters. The largest absolute Gasteiger partial charge is 0.472 e. The number of rotatable bonds is 74. The van der Waals surface area contributed by atoms with Gasteiger partial charge in [-0.2, -0.15) is 0 Å². The van der Waals surface area contributed by atoms with E-state index in [0.717, 1.165) is 186 Å². The smallest absolute Gasteiger partial charge is 0.462 e. The standard InChI is InChI=1S/C81H142O17P2/c1-5-9-13-17-21-25-29-31-33-35-37-39-41-43-47-49-53-57-61-65-78(83)91-71-76(97-80(85)67-63-59-55-51-45-27-23-19-15-11-7-3)73-95-99(87,88)93-69-75(82)70-94-100(89,90)96-74-77(98-81(86)68-64-60-56-52-46-28-24-20-16-12-8-4)72-92-79(84)66-62-58-54-50-48-44-42-40-38-36-34-32-30-26-22-18-14-10-6-2/h9,13,20-22,24-26,31-34,37-40,75-77,82H,5-8,10-12,14-19,23,27-30,35-36,41-74H2,1-4H3,(H,87,88)(H,89,90)/b13-9-,24-20-,25-21-,26-22-,33-31-,34-32-,39-37-,40-38-. The van der Waals surface area contributed by atoms with E-state index in [9.17, 15) is 43.2 Å². The number of phosphoric ester groups is 2. The van der Waals surface area contributed by atoms with Crippen molar-refractivity contribution in [1.82, 2.24) is 0 Å². The van der Waals surface area contributed by atoms with Crippen molar-refractivity contribution in [1.29, 1.82) is 0 Å². The quantitative estimate of drug-likeness (QED) is 0.0169. The Bertz CT molecular complexity index is 2270. The predicted octanol–water partition coefficient (Wildman–Crippen LogP) is 22.8. The first-order valence-electron chi connectivity index (χ1n) is 39.5. The van der Waals surface area contributed by atoms with Gasteiger partial charge in [-0.25, -0.2) is 9.13 Å². The molecule has 0 aromatic carbocycles. The number of ether oxygens (including phenoxy) is 4. The molecule has 0 heterocycles. The van der Waals surface area contributed by atoms with Crippen molar-refractivity contribution in [2.24, 2.45) is 0 Å². The number of allylic oxidation sites excluding steroid dienone is 16. The van der Waals surface area contributed by atoms with E-state index in [0.29, 0.717) is 25.7 Å². The number of phosphoric acid groups is 2. The maximum atomic E-state index is 13.1. The van der Waals surface area contributed by atoms with Crippen LogP contribution in [0.15, 0.2) is 97.2 Å². The lowest BCUT2D eigenvalue weighted by Crippen LogP contribution is -2.30. The van der Waals surface area contributed by atoms with Gasteiger partial charge in [0.1, 0.15) is 19.3 Å². The summed E-state index contributed by atoms with van der Waals surface area (Å²) in [6.45, 7) is 4.68. The second-order valence-corrected chi connectivity index (χ2v) is 29.2. The molecule has 0 fully saturated rings. The van der Waals surface area contributed by atoms with Crippen LogP contribution in [-0.2, 0) is 65.4 Å². The lowest BCUT2D eigenvalue weighted by molar-refractivity contribution is -0.161. The van der Waals surface area contributed by atoms with E-state index >= 15 is 0 Å². The fraction of sp³-hybridized carbons (Fsp3) is 0.753. The van der Waals surface area contributed by atoms with E-state index in [1.807, 2.05) is 0 Å². The first-order chi connectivity index (χ1) is 48.7. The first-order valence-corrected chi connectivity index (χ1v) is 42.5. The Morgan fingerprint density at radius 2 is 0.530 bits per heavy atom. The molecule has 3 N–H and O–H groups in total. The maximum absolute atomic E-state index is 13.1. The van der Waals surface area contributed by atoms with Gasteiger partial charge in [0.15, 0.2) is 12.2 Å². The van der Waals surface area contributed by atoms with Crippen molar-refractivity contribution in [3.8, 4) is 0 Å². The van der Waals surface area contributed by atoms with Crippen molar-refractivity contribution in [3.63, 3.8) is 0 Å². The van der Waals surface area contributed by atoms with E-state index in [-0.39, 0.29) is 25.7 Å². The second kappa shape index (κ2) is 73.3. The highest BCUT2D eigenvalue weighted by Gasteiger charge is 2.30. The van der Waals surface area contributed by atoms with Gasteiger partial charge in [-0.05, 0) is 122 Å². The third-order valence-corrected chi connectivity index (χ3v) is 18.4. The Morgan fingerprint density at radius 1 is 0.290 bits per heavy atom. The van der Waals surface area contributed by atoms with Crippen LogP contribution in [0.3, 0.4) is 0 Å². The Kier molecular flexibility index (Phi) is 70.4. The molecule has 0 saturated carbocycles. The average Bonchev–Trinajstić information content (AvgIpc) is 0.953. The molecule has 0 aliphatic heterocycles. The topological polar surface area (TPSA) is 237 Å². The van der Waals surface area contributed by atoms with Crippen molar-refractivity contribution >= 4 is 39.5 Å². The molecule has 5 atom stereocenters. The van der Waals surface area contributed by atoms with E-state index in [1.165, 1.54) is 70.6 Å². The summed E-state index contributed by atoms with van der Waals surface area (Å²) in [6.07, 6.45) is 76.8. The van der Waals surface area contributed by atoms with Crippen molar-refractivity contribution in [3.05, 3.63) is 97.2 Å². The fourth-order valence-electron chi connectivity index (χ4n) is 10.5. The van der Waals surface area contributed by atoms with Crippen LogP contribution >= 0.6 is 15.6 Å². The number of esters is 4. The molecular formula is C81H142O17P2. The summed E-state index contributed by atoms with van der Waals surface area (Å²) in [4.78, 5) is 72.9. The molecule has 0 spiro atoms. The molecule has 0 amide bonds. The lowest BCUT2D eigenvalue weighted by atomic mass is 10.1. The second-order valence-electron chi connectivity index (χ2n) is 26.3. The monoisotopic (exact) mass is 1450 g/mol. The number of carbonyl (C=O) groups is 4. The van der Waals surface area contributed by atoms with Gasteiger partial charge >= 0.3 is 39.5 Å². The minimum Gasteiger partial charge on any atom is -0.462 e. The van der Waals surface area contributed by atoms with Gasteiger partial charge in [-0.1, -0.05) is 285 Å². The predicted molar refractivity (Wildman–Crippen MR) is 409 cm³/mol. The third kappa shape index (κ3) is 72.3. The van der Waals surface area contributed by atoms with Crippen LogP contribution in [0.1, 0.15) is 336 Å². The van der Waals surface area contributed by atoms with Crippen LogP contribution < -0.4 is 0 Å². The Morgan fingerprint density at radius 3 is 0.860 bits per heavy atom. The molecule has 0 aromatic rings. The number of hydrogen-bond donors (Lipinski definition) is 3. The molecule has 17 nitrogen and oxygen atoms in total. The summed E-state index contributed by atoms with van der Waals surface area (Å²) in [5.74, 6) is -2.20. The fourth-order valence-corrected chi connectivity index (χ4v) is 12.1. The Balaban J connectivity index is 5.27. The zero-order chi connectivity index (χ0) is 73.2. The van der Waals surface area contributed by atoms with Gasteiger partial charge in [-0.3, -0.25) is 37.3 Å². The van der Waals surface area contributed by atoms with Crippen LogP contribution in [-0.4, -0.2) is 96.7 Å². The molecule has 100 heavy (non-hydrogen) atoms. The minimum absolute atomic E-state index is 0.0822. The van der Waals surface area contributed by atoms with Crippen molar-refractivity contribution in [2.75, 3.05) is 39.6 Å². The van der Waals surface area contributed by atoms with Gasteiger partial charge in [-0.15, -0.1) is 0 Å². The van der Waals surface area contributed by atoms with Gasteiger partial charge in [0.05, 0.1) is 26.4 Å². The van der Waals surface area contributed by atoms with Gasteiger partial charge < -0.3 is 33.8 Å². The van der Waals surface area contributed by atoms with Crippen LogP contribution in [0.2, 0.25) is 0 Å². The summed E-state index contributed by atoms with van der Waals surface area (Å²) in [6, 6.07) is 0. The SMILES string of the molecule is CC/C=C\C/C=C\C/C=C\C/C=C\CCCCCCCCC(=O)OCC(COP(=O)(O)OCC(O)COP(=O)(O)OCC(COC(=O)CCCCCCCC/C=C\C/C=C\C/C=C\CCCCC)OC(=O)CCCCCCC/C=C\CCCC)OC(=O)CCCCCCCCCCCCC. The summed E-state index contributed by atoms with van der Waals surface area (Å²) in [7, 11) is -9.95. The van der Waals surface area contributed by atoms with Gasteiger partial charge in [0.25, 0.3) is 0 Å². The Hall–Kier alpha value is -4.02. The summed E-state index contributed by atoms with van der Waals surface area (Å²) < 4.78 is 68.5. The number of aliphatic hydroxyl groups excluding tert-OH is 1. The van der Waals surface area contributed by atoms with E-state index in [4.69, 9.17) is 37.0 Å². The summed E-state index contributed by atoms with van der Waals surface area (Å²) in [5, 5.41) is 10.6. The van der Waals surface area contributed by atoms with Crippen molar-refractivity contribution in [2.45, 2.75) is 354 Å². The molecule has 578 valence electrons. The molecule has 0 aliphatic carbocycles. The lowest BCUT2D eigenvalue weighted by Gasteiger charge is -2.21. The van der Waals surface area contributed by atoms with Gasteiger partial charge in [0.2, 0.25) is 0 Å². The van der Waals surface area contributed by atoms with E-state index in [2.05, 4.69) is 125 Å². The molecular weight excluding hydrogens is 1310 g/mol. The van der Waals surface area contributed by atoms with Gasteiger partial charge in [0, 0.05) is 25.7 Å². The number of carbonyl (C=O) groups excluding carboxylic acids is 4. The van der Waals surface area contributed by atoms with Crippen LogP contribution in [0.5, 0.6) is 0 Å². The molecule has 0 saturated heterocycles. The first kappa shape index (κ1) is 96.0. The molecule has 0 bridgehead atoms. The average molecular weight is 1450 g/mol. The molecule has 0 aromatic heterocycles. The van der Waals surface area contributed by atoms with Crippen LogP contribution in [0, 0.1) is 0 Å². The number of aliphatic hydroxyl groups is 1. The highest BCUT2D eigenvalue weighted by molar-refractivity contribution is 7.47. The third-order valence-electron chi connectivity index (χ3n) is 16.5. The zero-order valence-corrected chi connectivity index (χ0v) is 64.9. The molecule has 0 rings (SSSR count). The molecule has 0 aliphatic rings. The van der Waals surface area contributed by atoms with E-state index < -0.39 is 97.5 Å². The van der Waals surface area contributed by atoms with Crippen molar-refractivity contribution < 1.29 is 80.2 Å². The summed E-state index contributed by atoms with van der Waals surface area (Å²) >= 11 is 0.